The number of carbonyl (C=O) groups excluding carboxylic acids is 1. The third-order valence-corrected chi connectivity index (χ3v) is 3.57. The van der Waals surface area contributed by atoms with Crippen LogP contribution in [-0.2, 0) is 0 Å². The summed E-state index contributed by atoms with van der Waals surface area (Å²) in [6, 6.07) is 3.41. The molecule has 0 saturated heterocycles. The molecule has 2 aromatic rings. The molecule has 2 aromatic heterocycles. The molecule has 0 atom stereocenters. The van der Waals surface area contributed by atoms with E-state index in [1.807, 2.05) is 26.2 Å². The van der Waals surface area contributed by atoms with Gasteiger partial charge in [-0.15, -0.1) is 11.3 Å². The summed E-state index contributed by atoms with van der Waals surface area (Å²) in [5, 5.41) is 2.59. The van der Waals surface area contributed by atoms with Crippen LogP contribution in [0, 0.1) is 6.92 Å². The lowest BCUT2D eigenvalue weighted by Crippen LogP contribution is -2.26. The van der Waals surface area contributed by atoms with Gasteiger partial charge in [0.1, 0.15) is 0 Å². The molecule has 5 nitrogen and oxygen atoms in total. The fourth-order valence-electron chi connectivity index (χ4n) is 1.59. The highest BCUT2D eigenvalue weighted by atomic mass is 32.1. The second kappa shape index (κ2) is 6.00. The number of hydrogen-bond donors (Lipinski definition) is 0. The van der Waals surface area contributed by atoms with Gasteiger partial charge >= 0.3 is 0 Å². The van der Waals surface area contributed by atoms with Crippen molar-refractivity contribution in [2.24, 2.45) is 0 Å². The van der Waals surface area contributed by atoms with Crippen LogP contribution in [0.15, 0.2) is 23.7 Å². The summed E-state index contributed by atoms with van der Waals surface area (Å²) >= 11 is 1.44. The smallest absolute Gasteiger partial charge is 0.261 e. The zero-order valence-corrected chi connectivity index (χ0v) is 12.8. The van der Waals surface area contributed by atoms with E-state index in [0.29, 0.717) is 16.6 Å². The summed E-state index contributed by atoms with van der Waals surface area (Å²) in [6.07, 6.45) is 1.59. The van der Waals surface area contributed by atoms with Crippen LogP contribution in [0.4, 0.5) is 5.13 Å². The fraction of sp³-hybridized carbons (Fsp3) is 0.357. The molecule has 106 valence electrons. The predicted octanol–water partition coefficient (Wildman–Crippen LogP) is 2.91. The number of aromatic nitrogens is 2. The predicted molar refractivity (Wildman–Crippen MR) is 79.6 cm³/mol. The summed E-state index contributed by atoms with van der Waals surface area (Å²) in [5.41, 5.74) is 1.42. The number of ether oxygens (including phenoxy) is 1. The van der Waals surface area contributed by atoms with Gasteiger partial charge in [0.15, 0.2) is 5.13 Å². The summed E-state index contributed by atoms with van der Waals surface area (Å²) in [4.78, 5) is 22.3. The maximum absolute atomic E-state index is 12.3. The summed E-state index contributed by atoms with van der Waals surface area (Å²) in [5.74, 6) is 0.382. The molecule has 20 heavy (non-hydrogen) atoms. The van der Waals surface area contributed by atoms with Crippen LogP contribution in [0.2, 0.25) is 0 Å². The molecule has 0 aliphatic rings. The van der Waals surface area contributed by atoms with Gasteiger partial charge in [-0.25, -0.2) is 9.97 Å². The van der Waals surface area contributed by atoms with Crippen LogP contribution in [0.3, 0.4) is 0 Å². The number of rotatable bonds is 4. The van der Waals surface area contributed by atoms with Crippen LogP contribution in [0.25, 0.3) is 0 Å². The van der Waals surface area contributed by atoms with Crippen molar-refractivity contribution in [1.82, 2.24) is 9.97 Å². The van der Waals surface area contributed by atoms with Crippen molar-refractivity contribution in [3.63, 3.8) is 0 Å². The molecule has 0 aliphatic carbocycles. The van der Waals surface area contributed by atoms with Crippen molar-refractivity contribution in [3.05, 3.63) is 35.0 Å². The van der Waals surface area contributed by atoms with E-state index in [4.69, 9.17) is 4.74 Å². The maximum Gasteiger partial charge on any atom is 0.261 e. The molecule has 2 rings (SSSR count). The van der Waals surface area contributed by atoms with E-state index >= 15 is 0 Å². The molecule has 1 amide bonds. The van der Waals surface area contributed by atoms with Gasteiger partial charge in [-0.1, -0.05) is 0 Å². The molecule has 0 saturated carbocycles. The highest BCUT2D eigenvalue weighted by Gasteiger charge is 2.16. The number of hydrogen-bond acceptors (Lipinski definition) is 5. The van der Waals surface area contributed by atoms with Gasteiger partial charge in [0.25, 0.3) is 5.91 Å². The second-order valence-electron chi connectivity index (χ2n) is 4.69. The first-order valence-electron chi connectivity index (χ1n) is 6.30. The van der Waals surface area contributed by atoms with Crippen molar-refractivity contribution in [3.8, 4) is 5.88 Å². The van der Waals surface area contributed by atoms with Gasteiger partial charge in [0, 0.05) is 24.7 Å². The van der Waals surface area contributed by atoms with Crippen molar-refractivity contribution in [1.29, 1.82) is 0 Å². The van der Waals surface area contributed by atoms with E-state index in [0.717, 1.165) is 5.69 Å². The van der Waals surface area contributed by atoms with Crippen LogP contribution >= 0.6 is 11.3 Å². The largest absolute Gasteiger partial charge is 0.475 e. The first kappa shape index (κ1) is 14.5. The first-order valence-corrected chi connectivity index (χ1v) is 7.18. The van der Waals surface area contributed by atoms with Gasteiger partial charge < -0.3 is 4.74 Å². The van der Waals surface area contributed by atoms with Gasteiger partial charge in [-0.2, -0.15) is 0 Å². The molecule has 0 unspecified atom stereocenters. The molecule has 0 aromatic carbocycles. The number of thiazole rings is 1. The van der Waals surface area contributed by atoms with Crippen LogP contribution in [-0.4, -0.2) is 29.0 Å². The van der Waals surface area contributed by atoms with E-state index in [1.54, 1.807) is 19.2 Å². The topological polar surface area (TPSA) is 55.3 Å². The molecule has 0 fully saturated rings. The van der Waals surface area contributed by atoms with E-state index in [1.165, 1.54) is 22.4 Å². The third-order valence-electron chi connectivity index (χ3n) is 2.54. The standard InChI is InChI=1S/C14H17N3O2S/c1-9(2)19-12-6-5-11(7-15-12)13(18)17(4)14-16-10(3)8-20-14/h5-9H,1-4H3. The number of anilines is 1. The molecule has 0 spiro atoms. The van der Waals surface area contributed by atoms with Crippen molar-refractivity contribution < 1.29 is 9.53 Å². The average molecular weight is 291 g/mol. The molecule has 0 radical (unpaired) electrons. The van der Waals surface area contributed by atoms with Gasteiger partial charge in [0.2, 0.25) is 5.88 Å². The molecule has 0 aliphatic heterocycles. The van der Waals surface area contributed by atoms with Crippen molar-refractivity contribution in [2.45, 2.75) is 26.9 Å². The summed E-state index contributed by atoms with van der Waals surface area (Å²) in [7, 11) is 1.71. The number of amides is 1. The molecule has 0 bridgehead atoms. The number of aryl methyl sites for hydroxylation is 1. The van der Waals surface area contributed by atoms with Gasteiger partial charge in [-0.05, 0) is 26.8 Å². The monoisotopic (exact) mass is 291 g/mol. The summed E-state index contributed by atoms with van der Waals surface area (Å²) in [6.45, 7) is 5.76. The first-order chi connectivity index (χ1) is 9.47. The minimum absolute atomic E-state index is 0.0602. The second-order valence-corrected chi connectivity index (χ2v) is 5.52. The minimum atomic E-state index is -0.136. The van der Waals surface area contributed by atoms with Crippen LogP contribution in [0.1, 0.15) is 29.9 Å². The Morgan fingerprint density at radius 3 is 2.65 bits per heavy atom. The maximum atomic E-state index is 12.3. The van der Waals surface area contributed by atoms with Crippen LogP contribution in [0.5, 0.6) is 5.88 Å². The molecule has 0 N–H and O–H groups in total. The number of nitrogens with zero attached hydrogens (tertiary/aromatic N) is 3. The third kappa shape index (κ3) is 3.33. The van der Waals surface area contributed by atoms with E-state index in [-0.39, 0.29) is 12.0 Å². The Labute approximate surface area is 122 Å². The normalized spacial score (nSPS) is 10.7. The SMILES string of the molecule is Cc1csc(N(C)C(=O)c2ccc(OC(C)C)nc2)n1. The molecule has 2 heterocycles. The van der Waals surface area contributed by atoms with E-state index in [9.17, 15) is 4.79 Å². The Kier molecular flexibility index (Phi) is 4.34. The van der Waals surface area contributed by atoms with E-state index < -0.39 is 0 Å². The van der Waals surface area contributed by atoms with Crippen molar-refractivity contribution >= 4 is 22.4 Å². The lowest BCUT2D eigenvalue weighted by atomic mass is 10.2. The van der Waals surface area contributed by atoms with Gasteiger partial charge in [-0.3, -0.25) is 9.69 Å². The highest BCUT2D eigenvalue weighted by molar-refractivity contribution is 7.14. The zero-order chi connectivity index (χ0) is 14.7. The molecular formula is C14H17N3O2S. The lowest BCUT2D eigenvalue weighted by molar-refractivity contribution is 0.0992. The summed E-state index contributed by atoms with van der Waals surface area (Å²) < 4.78 is 5.45. The Bertz CT molecular complexity index is 593. The molecule has 6 heteroatoms. The Hall–Kier alpha value is -1.95. The number of carbonyl (C=O) groups is 1. The van der Waals surface area contributed by atoms with Gasteiger partial charge in [0.05, 0.1) is 17.4 Å². The molecular weight excluding hydrogens is 274 g/mol. The Morgan fingerprint density at radius 1 is 1.40 bits per heavy atom. The highest BCUT2D eigenvalue weighted by Crippen LogP contribution is 2.21. The zero-order valence-electron chi connectivity index (χ0n) is 12.0. The van der Waals surface area contributed by atoms with Crippen molar-refractivity contribution in [2.75, 3.05) is 11.9 Å². The van der Waals surface area contributed by atoms with E-state index in [2.05, 4.69) is 9.97 Å². The quantitative estimate of drug-likeness (QED) is 0.869. The fourth-order valence-corrected chi connectivity index (χ4v) is 2.36. The average Bonchev–Trinajstić information content (AvgIpc) is 2.84. The van der Waals surface area contributed by atoms with Crippen LogP contribution < -0.4 is 9.64 Å². The Balaban J connectivity index is 2.12. The minimum Gasteiger partial charge on any atom is -0.475 e. The lowest BCUT2D eigenvalue weighted by Gasteiger charge is -2.14. The number of pyridine rings is 1. The Morgan fingerprint density at radius 2 is 2.15 bits per heavy atom.